The molecule has 5 atom stereocenters. The van der Waals surface area contributed by atoms with Crippen molar-refractivity contribution in [2.75, 3.05) is 0 Å². The minimum Gasteiger partial charge on any atom is -0.379 e. The monoisotopic (exact) mass is 544 g/mol. The van der Waals surface area contributed by atoms with Crippen LogP contribution in [-0.4, -0.2) is 40.1 Å². The summed E-state index contributed by atoms with van der Waals surface area (Å²) in [6.45, 7) is 0. The molecule has 2 aromatic carbocycles. The van der Waals surface area contributed by atoms with E-state index in [2.05, 4.69) is 5.32 Å². The third kappa shape index (κ3) is 5.10. The minimum absolute atomic E-state index is 0.0285. The molecule has 0 spiro atoms. The number of hydrogen-bond acceptors (Lipinski definition) is 3. The Kier molecular flexibility index (Phi) is 6.44. The number of nitrogens with one attached hydrogen (secondary N) is 1. The molecule has 1 unspecified atom stereocenters. The Morgan fingerprint density at radius 2 is 1.71 bits per heavy atom. The Morgan fingerprint density at radius 1 is 1.00 bits per heavy atom. The van der Waals surface area contributed by atoms with E-state index >= 15 is 0 Å². The minimum atomic E-state index is -4.93. The zero-order valence-corrected chi connectivity index (χ0v) is 19.7. The molecule has 5 nitrogen and oxygen atoms in total. The number of aliphatic hydroxyl groups is 1. The summed E-state index contributed by atoms with van der Waals surface area (Å²) >= 11 is 0. The summed E-state index contributed by atoms with van der Waals surface area (Å²) in [4.78, 5) is 28.0. The van der Waals surface area contributed by atoms with Gasteiger partial charge in [0.05, 0.1) is 11.6 Å². The van der Waals surface area contributed by atoms with Crippen LogP contribution in [0, 0.1) is 17.7 Å². The van der Waals surface area contributed by atoms with Crippen LogP contribution in [0.4, 0.5) is 30.7 Å². The molecule has 0 aromatic heterocycles. The van der Waals surface area contributed by atoms with Crippen molar-refractivity contribution in [2.24, 2.45) is 11.8 Å². The van der Waals surface area contributed by atoms with Crippen LogP contribution in [-0.2, 0) is 11.0 Å². The molecule has 0 bridgehead atoms. The Labute approximate surface area is 212 Å². The maximum atomic E-state index is 14.7. The highest BCUT2D eigenvalue weighted by molar-refractivity contribution is 5.99. The molecule has 204 valence electrons. The second-order valence-corrected chi connectivity index (χ2v) is 10.2. The van der Waals surface area contributed by atoms with Gasteiger partial charge in [-0.25, -0.2) is 4.39 Å². The van der Waals surface area contributed by atoms with Gasteiger partial charge in [0.2, 0.25) is 5.91 Å². The second kappa shape index (κ2) is 9.25. The van der Waals surface area contributed by atoms with Crippen LogP contribution in [0.1, 0.15) is 64.9 Å². The van der Waals surface area contributed by atoms with Gasteiger partial charge in [-0.05, 0) is 67.3 Å². The van der Waals surface area contributed by atoms with Crippen molar-refractivity contribution in [3.63, 3.8) is 0 Å². The van der Waals surface area contributed by atoms with Crippen LogP contribution in [0.2, 0.25) is 0 Å². The van der Waals surface area contributed by atoms with Gasteiger partial charge in [0.15, 0.2) is 6.10 Å². The first kappa shape index (κ1) is 26.5. The molecule has 38 heavy (non-hydrogen) atoms. The number of fused-ring (bicyclic) bond motifs is 1. The van der Waals surface area contributed by atoms with E-state index in [9.17, 15) is 45.4 Å². The zero-order valence-electron chi connectivity index (χ0n) is 19.7. The molecule has 2 saturated carbocycles. The lowest BCUT2D eigenvalue weighted by atomic mass is 9.98. The average Bonchev–Trinajstić information content (AvgIpc) is 3.78. The number of nitrogens with zero attached hydrogens (tertiary/aromatic N) is 1. The van der Waals surface area contributed by atoms with Crippen molar-refractivity contribution in [1.29, 1.82) is 0 Å². The smallest absolute Gasteiger partial charge is 0.379 e. The fraction of sp³-hybridized carbons (Fsp3) is 0.462. The molecule has 1 saturated heterocycles. The highest BCUT2D eigenvalue weighted by Gasteiger charge is 2.56. The Bertz CT molecular complexity index is 1260. The van der Waals surface area contributed by atoms with Crippen molar-refractivity contribution in [2.45, 2.75) is 62.3 Å². The van der Waals surface area contributed by atoms with E-state index in [0.29, 0.717) is 31.7 Å². The molecule has 2 aliphatic carbocycles. The number of alkyl halides is 6. The number of hydrogen-bond donors (Lipinski definition) is 2. The van der Waals surface area contributed by atoms with Crippen molar-refractivity contribution in [3.8, 4) is 0 Å². The maximum absolute atomic E-state index is 14.7. The molecular weight excluding hydrogens is 521 g/mol. The summed E-state index contributed by atoms with van der Waals surface area (Å²) in [5.41, 5.74) is -1.86. The zero-order chi connectivity index (χ0) is 27.6. The first-order valence-electron chi connectivity index (χ1n) is 12.1. The summed E-state index contributed by atoms with van der Waals surface area (Å²) in [5, 5.41) is 12.3. The fourth-order valence-corrected chi connectivity index (χ4v) is 5.25. The molecule has 1 heterocycles. The molecular formula is C26H23F7N2O3. The summed E-state index contributed by atoms with van der Waals surface area (Å²) in [7, 11) is 0. The van der Waals surface area contributed by atoms with Gasteiger partial charge in [0.25, 0.3) is 5.91 Å². The maximum Gasteiger partial charge on any atom is 0.418 e. The summed E-state index contributed by atoms with van der Waals surface area (Å²) < 4.78 is 92.5. The molecule has 0 radical (unpaired) electrons. The topological polar surface area (TPSA) is 69.6 Å². The van der Waals surface area contributed by atoms with Gasteiger partial charge in [0.1, 0.15) is 11.9 Å². The highest BCUT2D eigenvalue weighted by Crippen LogP contribution is 2.49. The third-order valence-corrected chi connectivity index (χ3v) is 7.45. The van der Waals surface area contributed by atoms with E-state index in [4.69, 9.17) is 0 Å². The Hall–Kier alpha value is -3.15. The Balaban J connectivity index is 1.36. The van der Waals surface area contributed by atoms with Gasteiger partial charge < -0.3 is 15.3 Å². The van der Waals surface area contributed by atoms with E-state index in [0.717, 1.165) is 24.3 Å². The second-order valence-electron chi connectivity index (χ2n) is 10.2. The lowest BCUT2D eigenvalue weighted by molar-refractivity contribution is -0.206. The molecule has 3 fully saturated rings. The van der Waals surface area contributed by atoms with Gasteiger partial charge in [-0.15, -0.1) is 0 Å². The third-order valence-electron chi connectivity index (χ3n) is 7.45. The fourth-order valence-electron chi connectivity index (χ4n) is 5.25. The van der Waals surface area contributed by atoms with Crippen LogP contribution < -0.4 is 5.32 Å². The van der Waals surface area contributed by atoms with Crippen LogP contribution in [0.5, 0.6) is 0 Å². The molecule has 2 amide bonds. The Morgan fingerprint density at radius 3 is 2.32 bits per heavy atom. The van der Waals surface area contributed by atoms with E-state index < -0.39 is 59.3 Å². The van der Waals surface area contributed by atoms with Gasteiger partial charge >= 0.3 is 12.4 Å². The molecule has 1 aliphatic heterocycles. The highest BCUT2D eigenvalue weighted by atomic mass is 19.4. The SMILES string of the molecule is O=C(N[C@@H](c1ccc(C(F)(F)F)cc1F)C1CC1)[C@H]1C[C@H]2C[C@H]2N1C(=O)c1cccc(C(O)C(F)(F)F)c1. The number of amides is 2. The molecule has 12 heteroatoms. The van der Waals surface area contributed by atoms with Crippen molar-refractivity contribution in [1.82, 2.24) is 10.2 Å². The summed E-state index contributed by atoms with van der Waals surface area (Å²) in [6.07, 6.45) is -10.2. The normalized spacial score (nSPS) is 24.5. The van der Waals surface area contributed by atoms with Crippen LogP contribution in [0.15, 0.2) is 42.5 Å². The van der Waals surface area contributed by atoms with Gasteiger partial charge in [-0.1, -0.05) is 18.2 Å². The van der Waals surface area contributed by atoms with E-state index in [1.165, 1.54) is 17.0 Å². The lowest BCUT2D eigenvalue weighted by Gasteiger charge is -2.29. The van der Waals surface area contributed by atoms with Crippen molar-refractivity contribution in [3.05, 3.63) is 70.5 Å². The van der Waals surface area contributed by atoms with Crippen molar-refractivity contribution < 1.29 is 45.4 Å². The van der Waals surface area contributed by atoms with Crippen LogP contribution >= 0.6 is 0 Å². The van der Waals surface area contributed by atoms with E-state index in [-0.39, 0.29) is 29.0 Å². The van der Waals surface area contributed by atoms with Gasteiger partial charge in [0, 0.05) is 17.2 Å². The molecule has 2 N–H and O–H groups in total. The standard InChI is InChI=1S/C26H23F7N2O3/c27-18-11-16(25(28,29)30)6-7-17(18)21(12-4-5-12)34-23(37)20-10-15-9-19(15)35(20)24(38)14-3-1-2-13(8-14)22(36)26(31,32)33/h1-3,6-8,11-12,15,19-22,36H,4-5,9-10H2,(H,34,37)/t15-,19-,20-,21-,22?/m1/s1. The van der Waals surface area contributed by atoms with Gasteiger partial charge in [-0.3, -0.25) is 9.59 Å². The summed E-state index contributed by atoms with van der Waals surface area (Å²) in [5.74, 6) is -2.52. The average molecular weight is 544 g/mol. The first-order valence-corrected chi connectivity index (χ1v) is 12.1. The quantitative estimate of drug-likeness (QED) is 0.485. The molecule has 3 aliphatic rings. The number of carbonyl (C=O) groups excluding carboxylic acids is 2. The first-order chi connectivity index (χ1) is 17.8. The van der Waals surface area contributed by atoms with Gasteiger partial charge in [-0.2, -0.15) is 26.3 Å². The lowest BCUT2D eigenvalue weighted by Crippen LogP contribution is -2.49. The van der Waals surface area contributed by atoms with E-state index in [1.807, 2.05) is 0 Å². The number of benzene rings is 2. The number of piperidine rings is 1. The van der Waals surface area contributed by atoms with Crippen LogP contribution in [0.3, 0.4) is 0 Å². The number of carbonyl (C=O) groups is 2. The number of rotatable bonds is 6. The predicted octanol–water partition coefficient (Wildman–Crippen LogP) is 5.31. The number of aliphatic hydroxyl groups excluding tert-OH is 1. The number of halogens is 7. The predicted molar refractivity (Wildman–Crippen MR) is 119 cm³/mol. The molecule has 5 rings (SSSR count). The van der Waals surface area contributed by atoms with Crippen LogP contribution in [0.25, 0.3) is 0 Å². The largest absolute Gasteiger partial charge is 0.418 e. The van der Waals surface area contributed by atoms with E-state index in [1.54, 1.807) is 0 Å². The number of likely N-dealkylation sites (tertiary alicyclic amines) is 1. The summed E-state index contributed by atoms with van der Waals surface area (Å²) in [6, 6.07) is 4.50. The van der Waals surface area contributed by atoms with Crippen molar-refractivity contribution >= 4 is 11.8 Å². The molecule has 2 aromatic rings.